The van der Waals surface area contributed by atoms with Crippen LogP contribution in [0.2, 0.25) is 5.15 Å². The summed E-state index contributed by atoms with van der Waals surface area (Å²) in [5.41, 5.74) is 0.233. The normalized spacial score (nSPS) is 20.9. The number of amides is 3. The molecule has 2 aromatic rings. The maximum absolute atomic E-state index is 13.6. The Morgan fingerprint density at radius 3 is 2.52 bits per heavy atom. The van der Waals surface area contributed by atoms with E-state index in [4.69, 9.17) is 16.3 Å². The SMILES string of the molecule is Cc1cc(NC(=O)c2c3c(c(Cl)n2C)S(=O)(=O)NC2CN(C(=O)C(=O)NC(C)C(F)(F)F)CC2CO3)ccc1F. The molecule has 2 aliphatic heterocycles. The molecule has 4 rings (SSSR count). The predicted molar refractivity (Wildman–Crippen MR) is 133 cm³/mol. The fourth-order valence-corrected chi connectivity index (χ4v) is 6.43. The van der Waals surface area contributed by atoms with Gasteiger partial charge < -0.3 is 24.8 Å². The van der Waals surface area contributed by atoms with E-state index >= 15 is 0 Å². The van der Waals surface area contributed by atoms with Crippen LogP contribution in [0.5, 0.6) is 5.75 Å². The number of anilines is 1. The van der Waals surface area contributed by atoms with Gasteiger partial charge in [-0.1, -0.05) is 11.6 Å². The number of sulfonamides is 1. The number of likely N-dealkylation sites (tertiary alicyclic amines) is 1. The van der Waals surface area contributed by atoms with Crippen molar-refractivity contribution in [3.8, 4) is 5.75 Å². The number of aryl methyl sites for hydroxylation is 1. The van der Waals surface area contributed by atoms with Crippen molar-refractivity contribution in [1.29, 1.82) is 0 Å². The number of carbonyl (C=O) groups is 3. The minimum Gasteiger partial charge on any atom is -0.489 e. The Morgan fingerprint density at radius 1 is 1.23 bits per heavy atom. The number of carbonyl (C=O) groups excluding carboxylic acids is 3. The standard InChI is InChI=1S/C23H24ClF4N5O6S/c1-10-6-13(4-5-14(10)25)30-20(34)16-17-18(19(24)32(16)3)40(37,38)31-15-8-33(7-12(15)9-39-17)22(36)21(35)29-11(2)23(26,27)28/h4-6,11-12,15,31H,7-9H2,1-3H3,(H,29,35)(H,30,34). The van der Waals surface area contributed by atoms with E-state index in [9.17, 15) is 40.4 Å². The molecule has 3 N–H and O–H groups in total. The molecule has 3 amide bonds. The second-order valence-electron chi connectivity index (χ2n) is 9.52. The van der Waals surface area contributed by atoms with Crippen molar-refractivity contribution in [1.82, 2.24) is 19.5 Å². The highest BCUT2D eigenvalue weighted by molar-refractivity contribution is 7.89. The van der Waals surface area contributed by atoms with Crippen LogP contribution in [0.3, 0.4) is 0 Å². The van der Waals surface area contributed by atoms with Crippen molar-refractivity contribution < 1.29 is 45.1 Å². The highest BCUT2D eigenvalue weighted by atomic mass is 35.5. The van der Waals surface area contributed by atoms with E-state index < -0.39 is 62.6 Å². The number of rotatable bonds is 3. The number of nitrogens with one attached hydrogen (secondary N) is 3. The first-order chi connectivity index (χ1) is 18.5. The molecule has 11 nitrogen and oxygen atoms in total. The Labute approximate surface area is 230 Å². The summed E-state index contributed by atoms with van der Waals surface area (Å²) in [5.74, 6) is -5.15. The molecule has 17 heteroatoms. The Balaban J connectivity index is 1.58. The van der Waals surface area contributed by atoms with Gasteiger partial charge in [0.15, 0.2) is 16.3 Å². The lowest BCUT2D eigenvalue weighted by molar-refractivity contribution is -0.162. The van der Waals surface area contributed by atoms with Crippen molar-refractivity contribution in [2.24, 2.45) is 13.0 Å². The molecule has 0 saturated carbocycles. The van der Waals surface area contributed by atoms with Gasteiger partial charge in [0.1, 0.15) is 17.0 Å². The number of hydrogen-bond acceptors (Lipinski definition) is 6. The maximum atomic E-state index is 13.6. The molecule has 3 unspecified atom stereocenters. The summed E-state index contributed by atoms with van der Waals surface area (Å²) in [6, 6.07) is 0.596. The van der Waals surface area contributed by atoms with Gasteiger partial charge in [-0.05, 0) is 37.6 Å². The monoisotopic (exact) mass is 609 g/mol. The number of halogens is 5. The maximum Gasteiger partial charge on any atom is 0.408 e. The molecule has 2 aliphatic rings. The van der Waals surface area contributed by atoms with Gasteiger partial charge in [0, 0.05) is 37.8 Å². The minimum atomic E-state index is -4.76. The van der Waals surface area contributed by atoms with E-state index in [0.717, 1.165) is 15.5 Å². The summed E-state index contributed by atoms with van der Waals surface area (Å²) in [7, 11) is -3.11. The third-order valence-electron chi connectivity index (χ3n) is 6.65. The number of aromatic nitrogens is 1. The lowest BCUT2D eigenvalue weighted by Crippen LogP contribution is -2.50. The first-order valence-electron chi connectivity index (χ1n) is 11.8. The molecule has 3 heterocycles. The quantitative estimate of drug-likeness (QED) is 0.359. The van der Waals surface area contributed by atoms with Gasteiger partial charge in [0.05, 0.1) is 6.61 Å². The molecule has 0 bridgehead atoms. The molecule has 40 heavy (non-hydrogen) atoms. The molecule has 0 radical (unpaired) electrons. The van der Waals surface area contributed by atoms with E-state index in [1.54, 1.807) is 5.32 Å². The Bertz CT molecular complexity index is 1500. The first-order valence-corrected chi connectivity index (χ1v) is 13.6. The van der Waals surface area contributed by atoms with Gasteiger partial charge in [0.25, 0.3) is 5.91 Å². The predicted octanol–water partition coefficient (Wildman–Crippen LogP) is 1.94. The fourth-order valence-electron chi connectivity index (χ4n) is 4.41. The summed E-state index contributed by atoms with van der Waals surface area (Å²) in [4.78, 5) is 38.2. The molecule has 0 aliphatic carbocycles. The van der Waals surface area contributed by atoms with Gasteiger partial charge in [-0.15, -0.1) is 0 Å². The van der Waals surface area contributed by atoms with E-state index in [-0.39, 0.29) is 47.5 Å². The molecular weight excluding hydrogens is 586 g/mol. The molecular formula is C23H24ClF4N5O6S. The third kappa shape index (κ3) is 5.60. The molecule has 1 aromatic heterocycles. The van der Waals surface area contributed by atoms with E-state index in [1.807, 2.05) is 0 Å². The van der Waals surface area contributed by atoms with Gasteiger partial charge in [-0.25, -0.2) is 17.5 Å². The lowest BCUT2D eigenvalue weighted by atomic mass is 10.1. The summed E-state index contributed by atoms with van der Waals surface area (Å²) in [6.07, 6.45) is -4.76. The highest BCUT2D eigenvalue weighted by Gasteiger charge is 2.45. The Morgan fingerprint density at radius 2 is 1.90 bits per heavy atom. The third-order valence-corrected chi connectivity index (χ3v) is 8.73. The summed E-state index contributed by atoms with van der Waals surface area (Å²) in [5, 5.41) is 3.77. The minimum absolute atomic E-state index is 0.216. The number of nitrogens with zero attached hydrogens (tertiary/aromatic N) is 2. The average Bonchev–Trinajstić information content (AvgIpc) is 3.35. The van der Waals surface area contributed by atoms with Gasteiger partial charge >= 0.3 is 18.0 Å². The second-order valence-corrected chi connectivity index (χ2v) is 11.5. The van der Waals surface area contributed by atoms with Crippen LogP contribution in [0.1, 0.15) is 23.0 Å². The lowest BCUT2D eigenvalue weighted by Gasteiger charge is -2.23. The topological polar surface area (TPSA) is 139 Å². The summed E-state index contributed by atoms with van der Waals surface area (Å²) < 4.78 is 87.9. The van der Waals surface area contributed by atoms with Crippen LogP contribution < -0.4 is 20.1 Å². The average molecular weight is 610 g/mol. The van der Waals surface area contributed by atoms with E-state index in [2.05, 4.69) is 10.0 Å². The Kier molecular flexibility index (Phi) is 7.81. The highest BCUT2D eigenvalue weighted by Crippen LogP contribution is 2.40. The second kappa shape index (κ2) is 10.6. The largest absolute Gasteiger partial charge is 0.489 e. The van der Waals surface area contributed by atoms with Crippen molar-refractivity contribution in [3.63, 3.8) is 0 Å². The van der Waals surface area contributed by atoms with E-state index in [1.165, 1.54) is 26.1 Å². The van der Waals surface area contributed by atoms with Crippen LogP contribution in [0.4, 0.5) is 23.2 Å². The molecule has 0 spiro atoms. The van der Waals surface area contributed by atoms with Crippen molar-refractivity contribution in [3.05, 3.63) is 40.4 Å². The number of fused-ring (bicyclic) bond motifs is 2. The zero-order chi connectivity index (χ0) is 29.7. The zero-order valence-electron chi connectivity index (χ0n) is 21.2. The number of ether oxygens (including phenoxy) is 1. The molecule has 3 atom stereocenters. The summed E-state index contributed by atoms with van der Waals surface area (Å²) in [6.45, 7) is 1.40. The summed E-state index contributed by atoms with van der Waals surface area (Å²) >= 11 is 6.31. The zero-order valence-corrected chi connectivity index (χ0v) is 22.8. The van der Waals surface area contributed by atoms with Gasteiger partial charge in [-0.3, -0.25) is 14.4 Å². The van der Waals surface area contributed by atoms with Crippen LogP contribution in [0.25, 0.3) is 0 Å². The van der Waals surface area contributed by atoms with Crippen LogP contribution in [0, 0.1) is 18.7 Å². The van der Waals surface area contributed by atoms with Gasteiger partial charge in [-0.2, -0.15) is 13.2 Å². The van der Waals surface area contributed by atoms with Gasteiger partial charge in [0.2, 0.25) is 10.0 Å². The first kappa shape index (κ1) is 29.6. The van der Waals surface area contributed by atoms with Crippen LogP contribution in [-0.4, -0.2) is 73.6 Å². The van der Waals surface area contributed by atoms with Crippen molar-refractivity contribution >= 4 is 45.0 Å². The Hall–Kier alpha value is -3.37. The molecule has 1 fully saturated rings. The molecule has 1 saturated heterocycles. The number of benzene rings is 1. The van der Waals surface area contributed by atoms with Crippen molar-refractivity contribution in [2.75, 3.05) is 25.0 Å². The van der Waals surface area contributed by atoms with Crippen LogP contribution in [0.15, 0.2) is 23.1 Å². The van der Waals surface area contributed by atoms with Crippen molar-refractivity contribution in [2.45, 2.75) is 37.0 Å². The molecule has 1 aromatic carbocycles. The number of hydrogen-bond donors (Lipinski definition) is 3. The van der Waals surface area contributed by atoms with E-state index in [0.29, 0.717) is 6.92 Å². The smallest absolute Gasteiger partial charge is 0.408 e. The van der Waals surface area contributed by atoms with Crippen LogP contribution in [-0.2, 0) is 26.7 Å². The molecule has 218 valence electrons. The van der Waals surface area contributed by atoms with Crippen LogP contribution >= 0.6 is 11.6 Å². The number of alkyl halides is 3. The fraction of sp³-hybridized carbons (Fsp3) is 0.435.